The van der Waals surface area contributed by atoms with Crippen LogP contribution in [0.3, 0.4) is 0 Å². The van der Waals surface area contributed by atoms with Crippen molar-refractivity contribution in [2.75, 3.05) is 20.2 Å². The van der Waals surface area contributed by atoms with Crippen molar-refractivity contribution in [3.63, 3.8) is 0 Å². The topological polar surface area (TPSA) is 77.5 Å². The van der Waals surface area contributed by atoms with Gasteiger partial charge in [-0.15, -0.1) is 24.8 Å². The Bertz CT molecular complexity index is 882. The van der Waals surface area contributed by atoms with E-state index in [-0.39, 0.29) is 36.2 Å². The second-order valence-corrected chi connectivity index (χ2v) is 6.77. The van der Waals surface area contributed by atoms with Gasteiger partial charge in [0.05, 0.1) is 30.4 Å². The number of ketones is 1. The molecule has 0 bridgehead atoms. The Morgan fingerprint density at radius 1 is 1.18 bits per heavy atom. The number of aromatic nitrogens is 1. The first-order valence-electron chi connectivity index (χ1n) is 8.72. The van der Waals surface area contributed by atoms with Crippen LogP contribution in [0.4, 0.5) is 0 Å². The number of carbonyl (C=O) groups excluding carboxylic acids is 2. The molecule has 0 amide bonds. The number of nitrogens with one attached hydrogen (secondary N) is 1. The van der Waals surface area contributed by atoms with Crippen LogP contribution in [0.2, 0.25) is 0 Å². The summed E-state index contributed by atoms with van der Waals surface area (Å²) >= 11 is 0. The van der Waals surface area contributed by atoms with Gasteiger partial charge in [-0.05, 0) is 43.4 Å². The van der Waals surface area contributed by atoms with Gasteiger partial charge in [0.1, 0.15) is 11.4 Å². The maximum atomic E-state index is 12.8. The summed E-state index contributed by atoms with van der Waals surface area (Å²) < 4.78 is 11.0. The number of ether oxygens (including phenoxy) is 2. The number of esters is 1. The van der Waals surface area contributed by atoms with E-state index in [1.54, 1.807) is 24.4 Å². The molecule has 28 heavy (non-hydrogen) atoms. The van der Waals surface area contributed by atoms with E-state index >= 15 is 0 Å². The van der Waals surface area contributed by atoms with Crippen LogP contribution in [0.5, 0.6) is 5.75 Å². The molecular formula is C20H22Cl2N2O4. The number of nitrogens with zero attached hydrogens (tertiary/aromatic N) is 1. The number of fused-ring (bicyclic) bond motifs is 1. The number of piperidine rings is 1. The Morgan fingerprint density at radius 2 is 1.93 bits per heavy atom. The molecule has 0 atom stereocenters. The number of hydrogen-bond donors (Lipinski definition) is 1. The predicted octanol–water partition coefficient (Wildman–Crippen LogP) is 3.47. The van der Waals surface area contributed by atoms with Crippen molar-refractivity contribution in [2.45, 2.75) is 24.9 Å². The zero-order valence-corrected chi connectivity index (χ0v) is 17.0. The number of carbonyl (C=O) groups is 2. The average Bonchev–Trinajstić information content (AvgIpc) is 2.68. The summed E-state index contributed by atoms with van der Waals surface area (Å²) in [4.78, 5) is 28.8. The number of hydrogen-bond acceptors (Lipinski definition) is 6. The molecule has 1 aromatic carbocycles. The minimum atomic E-state index is -0.418. The maximum Gasteiger partial charge on any atom is 0.337 e. The van der Waals surface area contributed by atoms with Crippen LogP contribution in [-0.4, -0.2) is 42.5 Å². The lowest BCUT2D eigenvalue weighted by atomic mass is 9.82. The Morgan fingerprint density at radius 3 is 2.64 bits per heavy atom. The van der Waals surface area contributed by atoms with Crippen LogP contribution in [0.1, 0.15) is 40.0 Å². The first-order valence-corrected chi connectivity index (χ1v) is 8.72. The lowest BCUT2D eigenvalue weighted by Gasteiger charge is -2.40. The Hall–Kier alpha value is -2.15. The molecule has 150 valence electrons. The number of halogens is 2. The molecule has 2 aromatic rings. The summed E-state index contributed by atoms with van der Waals surface area (Å²) in [6.07, 6.45) is 3.63. The molecule has 0 unspecified atom stereocenters. The van der Waals surface area contributed by atoms with Gasteiger partial charge in [0.15, 0.2) is 5.78 Å². The number of benzene rings is 1. The van der Waals surface area contributed by atoms with E-state index in [1.165, 1.54) is 7.11 Å². The monoisotopic (exact) mass is 424 g/mol. The number of rotatable bonds is 2. The minimum absolute atomic E-state index is 0. The van der Waals surface area contributed by atoms with Gasteiger partial charge in [0.2, 0.25) is 0 Å². The molecule has 1 N–H and O–H groups in total. The van der Waals surface area contributed by atoms with Crippen molar-refractivity contribution in [1.82, 2.24) is 10.3 Å². The molecule has 4 rings (SSSR count). The van der Waals surface area contributed by atoms with Gasteiger partial charge in [-0.2, -0.15) is 0 Å². The zero-order chi connectivity index (χ0) is 18.1. The van der Waals surface area contributed by atoms with Crippen molar-refractivity contribution in [3.05, 3.63) is 47.7 Å². The van der Waals surface area contributed by atoms with Gasteiger partial charge in [-0.3, -0.25) is 9.78 Å². The average molecular weight is 425 g/mol. The summed E-state index contributed by atoms with van der Waals surface area (Å²) in [5, 5.41) is 3.31. The standard InChI is InChI=1S/C20H20N2O4.2ClH/c1-25-19(24)14-4-7-22-16(11-14)13-2-3-18-15(10-13)17(23)12-20(26-18)5-8-21-9-6-20;;/h2-4,7,10-11,21H,5-6,8-9,12H2,1H3;2*1H. The normalized spacial score (nSPS) is 16.8. The fourth-order valence-electron chi connectivity index (χ4n) is 3.65. The first kappa shape index (κ1) is 22.1. The fourth-order valence-corrected chi connectivity index (χ4v) is 3.65. The van der Waals surface area contributed by atoms with Crippen LogP contribution in [0, 0.1) is 0 Å². The summed E-state index contributed by atoms with van der Waals surface area (Å²) in [5.74, 6) is 0.314. The van der Waals surface area contributed by atoms with Gasteiger partial charge >= 0.3 is 5.97 Å². The van der Waals surface area contributed by atoms with Crippen LogP contribution >= 0.6 is 24.8 Å². The van der Waals surface area contributed by atoms with E-state index in [0.29, 0.717) is 29.0 Å². The lowest BCUT2D eigenvalue weighted by Crippen LogP contribution is -2.49. The molecular weight excluding hydrogens is 403 g/mol. The van der Waals surface area contributed by atoms with E-state index < -0.39 is 5.97 Å². The predicted molar refractivity (Wildman–Crippen MR) is 110 cm³/mol. The highest BCUT2D eigenvalue weighted by Gasteiger charge is 2.41. The summed E-state index contributed by atoms with van der Waals surface area (Å²) in [6, 6.07) is 8.77. The first-order chi connectivity index (χ1) is 12.6. The van der Waals surface area contributed by atoms with Gasteiger partial charge < -0.3 is 14.8 Å². The molecule has 2 aliphatic rings. The van der Waals surface area contributed by atoms with Crippen molar-refractivity contribution in [3.8, 4) is 17.0 Å². The van der Waals surface area contributed by atoms with Crippen LogP contribution in [0.25, 0.3) is 11.3 Å². The van der Waals surface area contributed by atoms with Gasteiger partial charge in [0.25, 0.3) is 0 Å². The van der Waals surface area contributed by atoms with Crippen molar-refractivity contribution < 1.29 is 19.1 Å². The number of pyridine rings is 1. The highest BCUT2D eigenvalue weighted by Crippen LogP contribution is 2.39. The second kappa shape index (κ2) is 8.90. The molecule has 8 heteroatoms. The number of methoxy groups -OCH3 is 1. The van der Waals surface area contributed by atoms with Gasteiger partial charge in [-0.1, -0.05) is 0 Å². The van der Waals surface area contributed by atoms with Crippen LogP contribution in [-0.2, 0) is 4.74 Å². The number of Topliss-reactive ketones (excluding diaryl/α,β-unsaturated/α-hetero) is 1. The molecule has 1 aromatic heterocycles. The van der Waals surface area contributed by atoms with E-state index in [0.717, 1.165) is 31.5 Å². The highest BCUT2D eigenvalue weighted by molar-refractivity contribution is 6.01. The molecule has 2 aliphatic heterocycles. The molecule has 0 saturated carbocycles. The molecule has 1 spiro atoms. The van der Waals surface area contributed by atoms with E-state index in [2.05, 4.69) is 10.3 Å². The Labute approximate surface area is 175 Å². The molecule has 6 nitrogen and oxygen atoms in total. The summed E-state index contributed by atoms with van der Waals surface area (Å²) in [5.41, 5.74) is 2.02. The molecule has 0 aliphatic carbocycles. The van der Waals surface area contributed by atoms with Crippen molar-refractivity contribution >= 4 is 36.6 Å². The molecule has 1 saturated heterocycles. The van der Waals surface area contributed by atoms with Crippen LogP contribution < -0.4 is 10.1 Å². The van der Waals surface area contributed by atoms with Gasteiger partial charge in [-0.25, -0.2) is 4.79 Å². The Kier molecular flexibility index (Phi) is 7.04. The summed E-state index contributed by atoms with van der Waals surface area (Å²) in [6.45, 7) is 1.73. The minimum Gasteiger partial charge on any atom is -0.486 e. The van der Waals surface area contributed by atoms with E-state index in [1.807, 2.05) is 12.1 Å². The molecule has 3 heterocycles. The lowest BCUT2D eigenvalue weighted by molar-refractivity contribution is 0.0187. The van der Waals surface area contributed by atoms with E-state index in [9.17, 15) is 9.59 Å². The largest absolute Gasteiger partial charge is 0.486 e. The van der Waals surface area contributed by atoms with Crippen molar-refractivity contribution in [1.29, 1.82) is 0 Å². The quantitative estimate of drug-likeness (QED) is 0.743. The SMILES string of the molecule is COC(=O)c1ccnc(-c2ccc3c(c2)C(=O)CC2(CCNCC2)O3)c1.Cl.Cl. The third kappa shape index (κ3) is 4.14. The zero-order valence-electron chi connectivity index (χ0n) is 15.4. The second-order valence-electron chi connectivity index (χ2n) is 6.77. The third-order valence-corrected chi connectivity index (χ3v) is 5.08. The Balaban J connectivity index is 0.00000140. The van der Waals surface area contributed by atoms with E-state index in [4.69, 9.17) is 9.47 Å². The maximum absolute atomic E-state index is 12.8. The van der Waals surface area contributed by atoms with Crippen molar-refractivity contribution in [2.24, 2.45) is 0 Å². The molecule has 1 fully saturated rings. The highest BCUT2D eigenvalue weighted by atomic mass is 35.5. The van der Waals surface area contributed by atoms with Gasteiger partial charge in [0, 0.05) is 24.6 Å². The third-order valence-electron chi connectivity index (χ3n) is 5.08. The fraction of sp³-hybridized carbons (Fsp3) is 0.350. The summed E-state index contributed by atoms with van der Waals surface area (Å²) in [7, 11) is 1.34. The molecule has 0 radical (unpaired) electrons. The van der Waals surface area contributed by atoms with Crippen LogP contribution in [0.15, 0.2) is 36.5 Å². The smallest absolute Gasteiger partial charge is 0.337 e.